The van der Waals surface area contributed by atoms with Gasteiger partial charge in [-0.15, -0.1) is 11.3 Å². The molecule has 0 fully saturated rings. The van der Waals surface area contributed by atoms with Crippen LogP contribution < -0.4 is 0 Å². The van der Waals surface area contributed by atoms with Crippen molar-refractivity contribution in [3.05, 3.63) is 16.1 Å². The summed E-state index contributed by atoms with van der Waals surface area (Å²) in [6.07, 6.45) is 0. The predicted molar refractivity (Wildman–Crippen MR) is 49.0 cm³/mol. The third-order valence-electron chi connectivity index (χ3n) is 1.60. The lowest BCUT2D eigenvalue weighted by Crippen LogP contribution is -2.23. The zero-order valence-electron chi connectivity index (χ0n) is 7.50. The van der Waals surface area contributed by atoms with Crippen LogP contribution in [0.25, 0.3) is 0 Å². The van der Waals surface area contributed by atoms with Crippen LogP contribution in [0.3, 0.4) is 0 Å². The monoisotopic (exact) mass is 184 g/mol. The first-order valence-electron chi connectivity index (χ1n) is 3.72. The van der Waals surface area contributed by atoms with Crippen molar-refractivity contribution in [3.8, 4) is 0 Å². The van der Waals surface area contributed by atoms with E-state index in [1.807, 2.05) is 12.3 Å². The van der Waals surface area contributed by atoms with Gasteiger partial charge in [-0.05, 0) is 6.92 Å². The van der Waals surface area contributed by atoms with Crippen LogP contribution in [0.4, 0.5) is 0 Å². The molecule has 1 heterocycles. The summed E-state index contributed by atoms with van der Waals surface area (Å²) in [4.78, 5) is 16.8. The number of amides is 1. The van der Waals surface area contributed by atoms with Crippen molar-refractivity contribution >= 4 is 17.2 Å². The smallest absolute Gasteiger partial charge is 0.219 e. The van der Waals surface area contributed by atoms with E-state index in [1.165, 1.54) is 0 Å². The largest absolute Gasteiger partial charge is 0.340 e. The van der Waals surface area contributed by atoms with Gasteiger partial charge >= 0.3 is 0 Å². The number of nitrogens with zero attached hydrogens (tertiary/aromatic N) is 2. The van der Waals surface area contributed by atoms with Crippen molar-refractivity contribution in [2.75, 3.05) is 7.05 Å². The predicted octanol–water partition coefficient (Wildman–Crippen LogP) is 1.43. The maximum Gasteiger partial charge on any atom is 0.219 e. The van der Waals surface area contributed by atoms with Crippen LogP contribution in [0, 0.1) is 6.92 Å². The summed E-state index contributed by atoms with van der Waals surface area (Å²) in [5.41, 5.74) is 0.968. The summed E-state index contributed by atoms with van der Waals surface area (Å²) in [6.45, 7) is 4.13. The fourth-order valence-corrected chi connectivity index (χ4v) is 1.44. The quantitative estimate of drug-likeness (QED) is 0.696. The molecule has 0 bridgehead atoms. The molecule has 0 atom stereocenters. The fourth-order valence-electron chi connectivity index (χ4n) is 0.835. The van der Waals surface area contributed by atoms with Gasteiger partial charge in [0.05, 0.1) is 17.2 Å². The molecule has 1 rings (SSSR count). The number of hydrogen-bond donors (Lipinski definition) is 0. The van der Waals surface area contributed by atoms with Crippen LogP contribution in [0.5, 0.6) is 0 Å². The van der Waals surface area contributed by atoms with E-state index >= 15 is 0 Å². The average molecular weight is 184 g/mol. The first kappa shape index (κ1) is 9.19. The third-order valence-corrected chi connectivity index (χ3v) is 2.43. The fraction of sp³-hybridized carbons (Fsp3) is 0.500. The Kier molecular flexibility index (Phi) is 2.81. The highest BCUT2D eigenvalue weighted by molar-refractivity contribution is 7.09. The highest BCUT2D eigenvalue weighted by Crippen LogP contribution is 2.09. The van der Waals surface area contributed by atoms with Crippen molar-refractivity contribution < 1.29 is 4.79 Å². The molecule has 3 nitrogen and oxygen atoms in total. The Morgan fingerprint density at radius 1 is 1.75 bits per heavy atom. The Labute approximate surface area is 76.0 Å². The second-order valence-electron chi connectivity index (χ2n) is 2.73. The molecule has 0 saturated heterocycles. The lowest BCUT2D eigenvalue weighted by molar-refractivity contribution is -0.128. The van der Waals surface area contributed by atoms with E-state index in [0.717, 1.165) is 10.7 Å². The Bertz CT molecular complexity index is 282. The maximum atomic E-state index is 10.9. The first-order valence-corrected chi connectivity index (χ1v) is 4.60. The van der Waals surface area contributed by atoms with Crippen molar-refractivity contribution in [2.45, 2.75) is 20.4 Å². The van der Waals surface area contributed by atoms with Crippen LogP contribution >= 0.6 is 11.3 Å². The molecular weight excluding hydrogens is 172 g/mol. The molecule has 4 heteroatoms. The minimum absolute atomic E-state index is 0.0700. The standard InChI is InChI=1S/C8H12N2OS/c1-6-9-8(5-12-6)4-10(3)7(2)11/h5H,4H2,1-3H3. The summed E-state index contributed by atoms with van der Waals surface area (Å²) in [7, 11) is 1.77. The minimum atomic E-state index is 0.0700. The first-order chi connectivity index (χ1) is 5.59. The third kappa shape index (κ3) is 2.30. The molecule has 0 radical (unpaired) electrons. The Morgan fingerprint density at radius 2 is 2.42 bits per heavy atom. The van der Waals surface area contributed by atoms with Gasteiger partial charge in [-0.3, -0.25) is 4.79 Å². The summed E-state index contributed by atoms with van der Waals surface area (Å²) in [5, 5.41) is 3.02. The number of rotatable bonds is 2. The highest BCUT2D eigenvalue weighted by Gasteiger charge is 2.04. The van der Waals surface area contributed by atoms with Gasteiger partial charge in [0.25, 0.3) is 0 Å². The molecule has 0 unspecified atom stereocenters. The molecule has 0 aliphatic heterocycles. The molecule has 1 amide bonds. The second kappa shape index (κ2) is 3.67. The molecule has 0 aliphatic rings. The second-order valence-corrected chi connectivity index (χ2v) is 3.80. The van der Waals surface area contributed by atoms with E-state index in [9.17, 15) is 4.79 Å². The summed E-state index contributed by atoms with van der Waals surface area (Å²) >= 11 is 1.61. The van der Waals surface area contributed by atoms with Crippen LogP contribution in [0.15, 0.2) is 5.38 Å². The molecule has 0 N–H and O–H groups in total. The van der Waals surface area contributed by atoms with E-state index < -0.39 is 0 Å². The van der Waals surface area contributed by atoms with E-state index in [2.05, 4.69) is 4.98 Å². The van der Waals surface area contributed by atoms with Crippen molar-refractivity contribution in [1.29, 1.82) is 0 Å². The summed E-state index contributed by atoms with van der Waals surface area (Å²) < 4.78 is 0. The summed E-state index contributed by atoms with van der Waals surface area (Å²) in [6, 6.07) is 0. The normalized spacial score (nSPS) is 9.92. The highest BCUT2D eigenvalue weighted by atomic mass is 32.1. The van der Waals surface area contributed by atoms with E-state index in [1.54, 1.807) is 30.2 Å². The minimum Gasteiger partial charge on any atom is -0.340 e. The van der Waals surface area contributed by atoms with Crippen LogP contribution in [-0.4, -0.2) is 22.8 Å². The molecule has 0 saturated carbocycles. The Morgan fingerprint density at radius 3 is 2.83 bits per heavy atom. The number of hydrogen-bond acceptors (Lipinski definition) is 3. The van der Waals surface area contributed by atoms with Crippen molar-refractivity contribution in [1.82, 2.24) is 9.88 Å². The molecule has 0 aromatic carbocycles. The van der Waals surface area contributed by atoms with Gasteiger partial charge in [-0.1, -0.05) is 0 Å². The lowest BCUT2D eigenvalue weighted by Gasteiger charge is -2.12. The van der Waals surface area contributed by atoms with E-state index in [0.29, 0.717) is 6.54 Å². The number of carbonyl (C=O) groups excluding carboxylic acids is 1. The van der Waals surface area contributed by atoms with Gasteiger partial charge in [0.1, 0.15) is 0 Å². The molecule has 12 heavy (non-hydrogen) atoms. The van der Waals surface area contributed by atoms with Gasteiger partial charge in [0.15, 0.2) is 0 Å². The van der Waals surface area contributed by atoms with Gasteiger partial charge < -0.3 is 4.90 Å². The molecule has 0 spiro atoms. The lowest BCUT2D eigenvalue weighted by atomic mass is 10.4. The molecule has 1 aromatic heterocycles. The van der Waals surface area contributed by atoms with Crippen LogP contribution in [0.2, 0.25) is 0 Å². The van der Waals surface area contributed by atoms with Gasteiger partial charge in [0, 0.05) is 19.4 Å². The van der Waals surface area contributed by atoms with Crippen molar-refractivity contribution in [3.63, 3.8) is 0 Å². The van der Waals surface area contributed by atoms with Gasteiger partial charge in [-0.2, -0.15) is 0 Å². The molecule has 1 aromatic rings. The Balaban J connectivity index is 2.58. The maximum absolute atomic E-state index is 10.9. The van der Waals surface area contributed by atoms with Crippen molar-refractivity contribution in [2.24, 2.45) is 0 Å². The number of thiazole rings is 1. The SMILES string of the molecule is CC(=O)N(C)Cc1csc(C)n1. The number of aryl methyl sites for hydroxylation is 1. The van der Waals surface area contributed by atoms with Gasteiger partial charge in [-0.25, -0.2) is 4.98 Å². The van der Waals surface area contributed by atoms with E-state index in [-0.39, 0.29) is 5.91 Å². The Hall–Kier alpha value is -0.900. The van der Waals surface area contributed by atoms with Crippen LogP contribution in [0.1, 0.15) is 17.6 Å². The molecule has 66 valence electrons. The van der Waals surface area contributed by atoms with E-state index in [4.69, 9.17) is 0 Å². The molecular formula is C8H12N2OS. The topological polar surface area (TPSA) is 33.2 Å². The average Bonchev–Trinajstić information content (AvgIpc) is 2.35. The summed E-state index contributed by atoms with van der Waals surface area (Å²) in [5.74, 6) is 0.0700. The molecule has 0 aliphatic carbocycles. The van der Waals surface area contributed by atoms with Gasteiger partial charge in [0.2, 0.25) is 5.91 Å². The number of aromatic nitrogens is 1. The zero-order valence-corrected chi connectivity index (χ0v) is 8.31. The van der Waals surface area contributed by atoms with Crippen LogP contribution in [-0.2, 0) is 11.3 Å². The zero-order chi connectivity index (χ0) is 9.14. The number of carbonyl (C=O) groups is 1.